The van der Waals surface area contributed by atoms with E-state index in [9.17, 15) is 19.7 Å². The molecule has 0 saturated carbocycles. The summed E-state index contributed by atoms with van der Waals surface area (Å²) < 4.78 is 4.94. The summed E-state index contributed by atoms with van der Waals surface area (Å²) in [6.07, 6.45) is 0. The molecule has 0 fully saturated rings. The molecule has 7 nitrogen and oxygen atoms in total. The fourth-order valence-corrected chi connectivity index (χ4v) is 2.34. The summed E-state index contributed by atoms with van der Waals surface area (Å²) in [4.78, 5) is 34.2. The average Bonchev–Trinajstić information content (AvgIpc) is 2.59. The molecular formula is C18H17ClN2O5. The number of nitrogens with zero attached hydrogens (tertiary/aromatic N) is 1. The number of nitro benzene ring substituents is 1. The number of anilines is 1. The summed E-state index contributed by atoms with van der Waals surface area (Å²) in [5, 5.41) is 13.5. The molecule has 26 heavy (non-hydrogen) atoms. The van der Waals surface area contributed by atoms with E-state index in [4.69, 9.17) is 16.3 Å². The van der Waals surface area contributed by atoms with Crippen LogP contribution in [0.4, 0.5) is 11.4 Å². The van der Waals surface area contributed by atoms with Crippen molar-refractivity contribution >= 4 is 34.9 Å². The Morgan fingerprint density at radius 1 is 1.19 bits per heavy atom. The molecule has 2 aromatic rings. The second-order valence-electron chi connectivity index (χ2n) is 5.82. The Morgan fingerprint density at radius 2 is 1.85 bits per heavy atom. The second kappa shape index (κ2) is 8.44. The van der Waals surface area contributed by atoms with Gasteiger partial charge in [0.1, 0.15) is 5.69 Å². The number of ether oxygens (including phenoxy) is 1. The number of carbonyl (C=O) groups is 2. The average molecular weight is 377 g/mol. The molecule has 0 aromatic heterocycles. The molecule has 8 heteroatoms. The van der Waals surface area contributed by atoms with Crippen LogP contribution < -0.4 is 5.32 Å². The SMILES string of the molecule is CC(C)c1ccc(C(=O)OCC(=O)Nc2cc(Cl)ccc2[N+](=O)[O-])cc1. The van der Waals surface area contributed by atoms with Crippen molar-refractivity contribution in [1.82, 2.24) is 0 Å². The van der Waals surface area contributed by atoms with Crippen LogP contribution in [0.15, 0.2) is 42.5 Å². The number of hydrogen-bond donors (Lipinski definition) is 1. The molecular weight excluding hydrogens is 360 g/mol. The van der Waals surface area contributed by atoms with Crippen molar-refractivity contribution < 1.29 is 19.2 Å². The van der Waals surface area contributed by atoms with Gasteiger partial charge < -0.3 is 10.1 Å². The van der Waals surface area contributed by atoms with E-state index >= 15 is 0 Å². The van der Waals surface area contributed by atoms with Crippen molar-refractivity contribution in [1.29, 1.82) is 0 Å². The van der Waals surface area contributed by atoms with E-state index in [0.717, 1.165) is 5.56 Å². The first-order valence-corrected chi connectivity index (χ1v) is 8.16. The van der Waals surface area contributed by atoms with E-state index in [1.54, 1.807) is 12.1 Å². The number of hydrogen-bond acceptors (Lipinski definition) is 5. The number of rotatable bonds is 6. The molecule has 0 spiro atoms. The predicted octanol–water partition coefficient (Wildman–Crippen LogP) is 4.17. The first-order chi connectivity index (χ1) is 12.3. The van der Waals surface area contributed by atoms with E-state index in [1.165, 1.54) is 18.2 Å². The second-order valence-corrected chi connectivity index (χ2v) is 6.26. The summed E-state index contributed by atoms with van der Waals surface area (Å²) in [5.41, 5.74) is 1.02. The molecule has 0 saturated heterocycles. The van der Waals surface area contributed by atoms with Gasteiger partial charge in [-0.1, -0.05) is 37.6 Å². The van der Waals surface area contributed by atoms with E-state index in [1.807, 2.05) is 26.0 Å². The lowest BCUT2D eigenvalue weighted by atomic mass is 10.0. The predicted molar refractivity (Wildman–Crippen MR) is 97.5 cm³/mol. The van der Waals surface area contributed by atoms with Crippen LogP contribution in [-0.2, 0) is 9.53 Å². The fraction of sp³-hybridized carbons (Fsp3) is 0.222. The smallest absolute Gasteiger partial charge is 0.338 e. The Bertz CT molecular complexity index is 834. The topological polar surface area (TPSA) is 98.5 Å². The van der Waals surface area contributed by atoms with Crippen LogP contribution in [0.3, 0.4) is 0 Å². The lowest BCUT2D eigenvalue weighted by molar-refractivity contribution is -0.383. The van der Waals surface area contributed by atoms with Crippen molar-refractivity contribution in [2.45, 2.75) is 19.8 Å². The number of esters is 1. The first-order valence-electron chi connectivity index (χ1n) is 7.79. The van der Waals surface area contributed by atoms with Crippen molar-refractivity contribution in [3.8, 4) is 0 Å². The Hall–Kier alpha value is -2.93. The largest absolute Gasteiger partial charge is 0.452 e. The molecule has 136 valence electrons. The van der Waals surface area contributed by atoms with Crippen LogP contribution in [-0.4, -0.2) is 23.4 Å². The van der Waals surface area contributed by atoms with Crippen LogP contribution in [0, 0.1) is 10.1 Å². The number of benzene rings is 2. The van der Waals surface area contributed by atoms with Gasteiger partial charge in [0.15, 0.2) is 6.61 Å². The summed E-state index contributed by atoms with van der Waals surface area (Å²) in [7, 11) is 0. The van der Waals surface area contributed by atoms with Gasteiger partial charge in [0.2, 0.25) is 0 Å². The van der Waals surface area contributed by atoms with Gasteiger partial charge in [-0.05, 0) is 35.7 Å². The minimum atomic E-state index is -0.706. The zero-order chi connectivity index (χ0) is 19.3. The lowest BCUT2D eigenvalue weighted by Crippen LogP contribution is -2.21. The normalized spacial score (nSPS) is 10.5. The van der Waals surface area contributed by atoms with Gasteiger partial charge in [0.05, 0.1) is 10.5 Å². The molecule has 0 heterocycles. The summed E-state index contributed by atoms with van der Waals surface area (Å²) in [6, 6.07) is 10.7. The monoisotopic (exact) mass is 376 g/mol. The Labute approximate surface area is 155 Å². The van der Waals surface area contributed by atoms with Crippen LogP contribution in [0.25, 0.3) is 0 Å². The summed E-state index contributed by atoms with van der Waals surface area (Å²) in [5.74, 6) is -1.03. The van der Waals surface area contributed by atoms with Crippen molar-refractivity contribution in [2.75, 3.05) is 11.9 Å². The van der Waals surface area contributed by atoms with Crippen molar-refractivity contribution in [3.63, 3.8) is 0 Å². The number of amides is 1. The van der Waals surface area contributed by atoms with Crippen LogP contribution in [0.5, 0.6) is 0 Å². The van der Waals surface area contributed by atoms with Crippen molar-refractivity contribution in [3.05, 3.63) is 68.7 Å². The molecule has 0 aliphatic carbocycles. The number of nitro groups is 1. The zero-order valence-corrected chi connectivity index (χ0v) is 14.9. The summed E-state index contributed by atoms with van der Waals surface area (Å²) in [6.45, 7) is 3.49. The lowest BCUT2D eigenvalue weighted by Gasteiger charge is -2.09. The quantitative estimate of drug-likeness (QED) is 0.463. The minimum Gasteiger partial charge on any atom is -0.452 e. The van der Waals surface area contributed by atoms with E-state index in [-0.39, 0.29) is 16.4 Å². The molecule has 0 aliphatic rings. The number of carbonyl (C=O) groups excluding carboxylic acids is 2. The molecule has 1 N–H and O–H groups in total. The molecule has 0 aliphatic heterocycles. The molecule has 1 amide bonds. The zero-order valence-electron chi connectivity index (χ0n) is 14.2. The molecule has 0 unspecified atom stereocenters. The van der Waals surface area contributed by atoms with Crippen LogP contribution in [0.2, 0.25) is 5.02 Å². The highest BCUT2D eigenvalue weighted by Crippen LogP contribution is 2.27. The molecule has 0 radical (unpaired) electrons. The van der Waals surface area contributed by atoms with Gasteiger partial charge in [-0.25, -0.2) is 4.79 Å². The third-order valence-electron chi connectivity index (χ3n) is 3.58. The van der Waals surface area contributed by atoms with Gasteiger partial charge in [-0.15, -0.1) is 0 Å². The van der Waals surface area contributed by atoms with Gasteiger partial charge >= 0.3 is 5.97 Å². The van der Waals surface area contributed by atoms with Crippen molar-refractivity contribution in [2.24, 2.45) is 0 Å². The van der Waals surface area contributed by atoms with Gasteiger partial charge in [-0.3, -0.25) is 14.9 Å². The highest BCUT2D eigenvalue weighted by molar-refractivity contribution is 6.31. The Balaban J connectivity index is 1.97. The maximum absolute atomic E-state index is 12.0. The molecule has 2 aromatic carbocycles. The fourth-order valence-electron chi connectivity index (χ4n) is 2.17. The molecule has 2 rings (SSSR count). The maximum Gasteiger partial charge on any atom is 0.338 e. The maximum atomic E-state index is 12.0. The third-order valence-corrected chi connectivity index (χ3v) is 3.81. The number of nitrogens with one attached hydrogen (secondary N) is 1. The van der Waals surface area contributed by atoms with Gasteiger partial charge in [-0.2, -0.15) is 0 Å². The number of halogens is 1. The summed E-state index contributed by atoms with van der Waals surface area (Å²) >= 11 is 5.79. The third kappa shape index (κ3) is 5.03. The van der Waals surface area contributed by atoms with E-state index in [0.29, 0.717) is 11.5 Å². The first kappa shape index (κ1) is 19.4. The Kier molecular flexibility index (Phi) is 6.30. The van der Waals surface area contributed by atoms with Crippen LogP contribution in [0.1, 0.15) is 35.7 Å². The molecule has 0 atom stereocenters. The van der Waals surface area contributed by atoms with Gasteiger partial charge in [0, 0.05) is 11.1 Å². The van der Waals surface area contributed by atoms with Gasteiger partial charge in [0.25, 0.3) is 11.6 Å². The van der Waals surface area contributed by atoms with Crippen LogP contribution >= 0.6 is 11.6 Å². The molecule has 0 bridgehead atoms. The minimum absolute atomic E-state index is 0.0650. The highest BCUT2D eigenvalue weighted by Gasteiger charge is 2.17. The Morgan fingerprint density at radius 3 is 2.42 bits per heavy atom. The van der Waals surface area contributed by atoms with E-state index in [2.05, 4.69) is 5.32 Å². The van der Waals surface area contributed by atoms with E-state index < -0.39 is 23.4 Å². The standard InChI is InChI=1S/C18H17ClN2O5/c1-11(2)12-3-5-13(6-4-12)18(23)26-10-17(22)20-15-9-14(19)7-8-16(15)21(24)25/h3-9,11H,10H2,1-2H3,(H,20,22). The highest BCUT2D eigenvalue weighted by atomic mass is 35.5.